The first-order chi connectivity index (χ1) is 9.99. The zero-order valence-electron chi connectivity index (χ0n) is 12.8. The molecule has 0 amide bonds. The molecule has 5 heteroatoms. The van der Waals surface area contributed by atoms with Crippen molar-refractivity contribution in [3.05, 3.63) is 35.1 Å². The number of halogens is 1. The van der Waals surface area contributed by atoms with Gasteiger partial charge in [-0.15, -0.1) is 0 Å². The molecule has 2 rings (SSSR count). The van der Waals surface area contributed by atoms with Crippen molar-refractivity contribution >= 4 is 17.2 Å². The Labute approximate surface area is 131 Å². The Kier molecular flexibility index (Phi) is 5.67. The van der Waals surface area contributed by atoms with E-state index in [-0.39, 0.29) is 10.8 Å². The third-order valence-electron chi connectivity index (χ3n) is 4.27. The number of nitrogens with two attached hydrogens (primary N) is 1. The number of piperazine rings is 1. The highest BCUT2D eigenvalue weighted by Crippen LogP contribution is 2.15. The summed E-state index contributed by atoms with van der Waals surface area (Å²) in [6.07, 6.45) is 1.18. The Morgan fingerprint density at radius 3 is 2.52 bits per heavy atom. The molecule has 0 aliphatic carbocycles. The molecular weight excluding hydrogens is 285 g/mol. The van der Waals surface area contributed by atoms with Crippen LogP contribution in [0.15, 0.2) is 18.2 Å². The van der Waals surface area contributed by atoms with E-state index >= 15 is 0 Å². The molecule has 0 spiro atoms. The van der Waals surface area contributed by atoms with Gasteiger partial charge in [0.15, 0.2) is 0 Å². The molecule has 1 aliphatic rings. The van der Waals surface area contributed by atoms with Gasteiger partial charge >= 0.3 is 0 Å². The summed E-state index contributed by atoms with van der Waals surface area (Å²) < 4.78 is 13.6. The largest absolute Gasteiger partial charge is 0.389 e. The zero-order valence-corrected chi connectivity index (χ0v) is 13.6. The van der Waals surface area contributed by atoms with Gasteiger partial charge in [-0.3, -0.25) is 9.80 Å². The summed E-state index contributed by atoms with van der Waals surface area (Å²) >= 11 is 4.93. The molecule has 1 saturated heterocycles. The number of thiocarbonyl (C=S) groups is 1. The summed E-state index contributed by atoms with van der Waals surface area (Å²) in [6.45, 7) is 9.44. The van der Waals surface area contributed by atoms with Crippen LogP contribution in [0.5, 0.6) is 0 Å². The molecular formula is C16H24FN3S. The lowest BCUT2D eigenvalue weighted by atomic mass is 10.1. The van der Waals surface area contributed by atoms with E-state index in [2.05, 4.69) is 23.6 Å². The van der Waals surface area contributed by atoms with Crippen molar-refractivity contribution < 1.29 is 4.39 Å². The molecule has 0 bridgehead atoms. The summed E-state index contributed by atoms with van der Waals surface area (Å²) in [4.78, 5) is 5.12. The fourth-order valence-corrected chi connectivity index (χ4v) is 2.88. The quantitative estimate of drug-likeness (QED) is 0.847. The predicted molar refractivity (Wildman–Crippen MR) is 88.9 cm³/mol. The lowest BCUT2D eigenvalue weighted by molar-refractivity contribution is 0.0963. The van der Waals surface area contributed by atoms with E-state index in [1.54, 1.807) is 6.07 Å². The number of nitrogens with zero attached hydrogens (tertiary/aromatic N) is 2. The van der Waals surface area contributed by atoms with Crippen LogP contribution in [0.1, 0.15) is 31.4 Å². The Morgan fingerprint density at radius 1 is 1.29 bits per heavy atom. The lowest BCUT2D eigenvalue weighted by Crippen LogP contribution is -2.49. The van der Waals surface area contributed by atoms with Crippen molar-refractivity contribution in [2.45, 2.75) is 32.9 Å². The van der Waals surface area contributed by atoms with Gasteiger partial charge in [0.2, 0.25) is 0 Å². The summed E-state index contributed by atoms with van der Waals surface area (Å²) in [7, 11) is 0. The third-order valence-corrected chi connectivity index (χ3v) is 4.51. The van der Waals surface area contributed by atoms with Gasteiger partial charge in [-0.25, -0.2) is 4.39 Å². The Balaban J connectivity index is 1.96. The first-order valence-electron chi connectivity index (χ1n) is 7.55. The van der Waals surface area contributed by atoms with Gasteiger partial charge in [0, 0.05) is 44.3 Å². The van der Waals surface area contributed by atoms with E-state index in [0.29, 0.717) is 11.6 Å². The SMILES string of the molecule is CCC(C)N1CCN(Cc2cc(F)cc(C(N)=S)c2)CC1. The van der Waals surface area contributed by atoms with Gasteiger partial charge in [0.25, 0.3) is 0 Å². The van der Waals surface area contributed by atoms with Gasteiger partial charge < -0.3 is 5.73 Å². The normalized spacial score (nSPS) is 18.6. The Hall–Kier alpha value is -1.04. The minimum atomic E-state index is -0.270. The molecule has 0 aromatic heterocycles. The summed E-state index contributed by atoms with van der Waals surface area (Å²) in [6, 6.07) is 5.50. The molecule has 1 aromatic rings. The molecule has 1 aromatic carbocycles. The van der Waals surface area contributed by atoms with Crippen molar-refractivity contribution in [1.82, 2.24) is 9.80 Å². The molecule has 1 unspecified atom stereocenters. The second-order valence-corrected chi connectivity index (χ2v) is 6.22. The molecule has 1 fully saturated rings. The number of hydrogen-bond donors (Lipinski definition) is 1. The maximum absolute atomic E-state index is 13.6. The second kappa shape index (κ2) is 7.29. The number of hydrogen-bond acceptors (Lipinski definition) is 3. The molecule has 1 heterocycles. The van der Waals surface area contributed by atoms with Crippen molar-refractivity contribution in [3.8, 4) is 0 Å². The van der Waals surface area contributed by atoms with Crippen LogP contribution in [0.4, 0.5) is 4.39 Å². The molecule has 116 valence electrons. The minimum absolute atomic E-state index is 0.248. The predicted octanol–water partition coefficient (Wildman–Crippen LogP) is 2.38. The third kappa shape index (κ3) is 4.46. The molecule has 21 heavy (non-hydrogen) atoms. The monoisotopic (exact) mass is 309 g/mol. The molecule has 3 nitrogen and oxygen atoms in total. The van der Waals surface area contributed by atoms with Crippen LogP contribution in [-0.2, 0) is 6.54 Å². The topological polar surface area (TPSA) is 32.5 Å². The molecule has 0 radical (unpaired) electrons. The van der Waals surface area contributed by atoms with Crippen LogP contribution in [-0.4, -0.2) is 47.0 Å². The van der Waals surface area contributed by atoms with Crippen LogP contribution in [0.2, 0.25) is 0 Å². The van der Waals surface area contributed by atoms with Crippen LogP contribution >= 0.6 is 12.2 Å². The molecule has 1 aliphatic heterocycles. The van der Waals surface area contributed by atoms with Gasteiger partial charge in [-0.2, -0.15) is 0 Å². The summed E-state index contributed by atoms with van der Waals surface area (Å²) in [5.41, 5.74) is 7.15. The Morgan fingerprint density at radius 2 is 1.95 bits per heavy atom. The lowest BCUT2D eigenvalue weighted by Gasteiger charge is -2.37. The van der Waals surface area contributed by atoms with Crippen molar-refractivity contribution in [2.75, 3.05) is 26.2 Å². The Bertz CT molecular complexity index is 498. The number of benzene rings is 1. The van der Waals surface area contributed by atoms with Crippen LogP contribution in [0.25, 0.3) is 0 Å². The van der Waals surface area contributed by atoms with Gasteiger partial charge in [-0.1, -0.05) is 19.1 Å². The average molecular weight is 309 g/mol. The minimum Gasteiger partial charge on any atom is -0.389 e. The van der Waals surface area contributed by atoms with Crippen LogP contribution < -0.4 is 5.73 Å². The number of rotatable bonds is 5. The average Bonchev–Trinajstić information content (AvgIpc) is 2.46. The maximum Gasteiger partial charge on any atom is 0.124 e. The van der Waals surface area contributed by atoms with Crippen molar-refractivity contribution in [2.24, 2.45) is 5.73 Å². The van der Waals surface area contributed by atoms with Crippen LogP contribution in [0, 0.1) is 5.82 Å². The fraction of sp³-hybridized carbons (Fsp3) is 0.562. The van der Waals surface area contributed by atoms with E-state index in [1.165, 1.54) is 12.5 Å². The van der Waals surface area contributed by atoms with E-state index in [9.17, 15) is 4.39 Å². The molecule has 1 atom stereocenters. The molecule has 2 N–H and O–H groups in total. The fourth-order valence-electron chi connectivity index (χ4n) is 2.76. The van der Waals surface area contributed by atoms with E-state index < -0.39 is 0 Å². The van der Waals surface area contributed by atoms with Gasteiger partial charge in [-0.05, 0) is 37.1 Å². The summed E-state index contributed by atoms with van der Waals surface area (Å²) in [5.74, 6) is -0.270. The first kappa shape index (κ1) is 16.3. The molecule has 0 saturated carbocycles. The second-order valence-electron chi connectivity index (χ2n) is 5.78. The van der Waals surface area contributed by atoms with Crippen molar-refractivity contribution in [3.63, 3.8) is 0 Å². The smallest absolute Gasteiger partial charge is 0.124 e. The van der Waals surface area contributed by atoms with Gasteiger partial charge in [0.1, 0.15) is 10.8 Å². The van der Waals surface area contributed by atoms with Crippen molar-refractivity contribution in [1.29, 1.82) is 0 Å². The van der Waals surface area contributed by atoms with Crippen LogP contribution in [0.3, 0.4) is 0 Å². The van der Waals surface area contributed by atoms with Gasteiger partial charge in [0.05, 0.1) is 0 Å². The highest BCUT2D eigenvalue weighted by atomic mass is 32.1. The zero-order chi connectivity index (χ0) is 15.4. The van der Waals surface area contributed by atoms with E-state index in [1.807, 2.05) is 6.07 Å². The summed E-state index contributed by atoms with van der Waals surface area (Å²) in [5, 5.41) is 0. The standard InChI is InChI=1S/C16H24FN3S/c1-3-12(2)20-6-4-19(5-7-20)11-13-8-14(16(18)21)10-15(17)9-13/h8-10,12H,3-7,11H2,1-2H3,(H2,18,21). The first-order valence-corrected chi connectivity index (χ1v) is 7.96. The highest BCUT2D eigenvalue weighted by molar-refractivity contribution is 7.80. The highest BCUT2D eigenvalue weighted by Gasteiger charge is 2.20. The van der Waals surface area contributed by atoms with E-state index in [4.69, 9.17) is 18.0 Å². The van der Waals surface area contributed by atoms with E-state index in [0.717, 1.165) is 38.3 Å². The maximum atomic E-state index is 13.6.